The lowest BCUT2D eigenvalue weighted by Crippen LogP contribution is -2.34. The summed E-state index contributed by atoms with van der Waals surface area (Å²) in [5.74, 6) is -0.979. The summed E-state index contributed by atoms with van der Waals surface area (Å²) in [6, 6.07) is 15.0. The molecule has 0 aliphatic heterocycles. The molecule has 36 heavy (non-hydrogen) atoms. The topological polar surface area (TPSA) is 81.8 Å². The fourth-order valence-electron chi connectivity index (χ4n) is 3.62. The van der Waals surface area contributed by atoms with E-state index < -0.39 is 21.7 Å². The highest BCUT2D eigenvalue weighted by Gasteiger charge is 2.26. The van der Waals surface area contributed by atoms with Crippen molar-refractivity contribution in [2.24, 2.45) is 0 Å². The van der Waals surface area contributed by atoms with E-state index in [4.69, 9.17) is 0 Å². The summed E-state index contributed by atoms with van der Waals surface area (Å²) in [5, 5.41) is 5.51. The molecule has 0 saturated heterocycles. The van der Waals surface area contributed by atoms with Gasteiger partial charge in [-0.05, 0) is 79.6 Å². The number of carbonyl (C=O) groups is 1. The highest BCUT2D eigenvalue weighted by molar-refractivity contribution is 7.89. The molecule has 0 spiro atoms. The van der Waals surface area contributed by atoms with Crippen LogP contribution in [0.4, 0.5) is 25.0 Å². The van der Waals surface area contributed by atoms with Gasteiger partial charge in [-0.1, -0.05) is 12.1 Å². The molecular formula is C26H30F2N4O3S. The fraction of sp³-hybridized carbons (Fsp3) is 0.269. The third kappa shape index (κ3) is 7.02. The Bertz CT molecular complexity index is 1300. The van der Waals surface area contributed by atoms with Crippen molar-refractivity contribution in [3.8, 4) is 0 Å². The molecule has 0 aromatic heterocycles. The third-order valence-electron chi connectivity index (χ3n) is 5.31. The molecule has 3 aromatic rings. The minimum Gasteiger partial charge on any atom is -0.377 e. The molecule has 0 saturated carbocycles. The number of halogens is 2. The van der Waals surface area contributed by atoms with Crippen LogP contribution in [0.5, 0.6) is 0 Å². The number of hydrogen-bond donors (Lipinski definition) is 2. The molecule has 10 heteroatoms. The molecule has 0 heterocycles. The second-order valence-electron chi connectivity index (χ2n) is 8.84. The Balaban J connectivity index is 2.02. The Morgan fingerprint density at radius 1 is 0.889 bits per heavy atom. The zero-order valence-corrected chi connectivity index (χ0v) is 21.4. The molecule has 0 fully saturated rings. The Hall–Kier alpha value is -3.50. The first kappa shape index (κ1) is 27.1. The number of rotatable bonds is 9. The van der Waals surface area contributed by atoms with E-state index in [9.17, 15) is 22.0 Å². The molecule has 0 unspecified atom stereocenters. The van der Waals surface area contributed by atoms with Gasteiger partial charge in [0.15, 0.2) is 0 Å². The summed E-state index contributed by atoms with van der Waals surface area (Å²) in [6.45, 7) is 3.59. The van der Waals surface area contributed by atoms with Gasteiger partial charge in [-0.15, -0.1) is 0 Å². The number of sulfonamides is 1. The van der Waals surface area contributed by atoms with Crippen LogP contribution in [0.2, 0.25) is 0 Å². The van der Waals surface area contributed by atoms with E-state index in [0.717, 1.165) is 17.8 Å². The number of amides is 2. The molecule has 7 nitrogen and oxygen atoms in total. The smallest absolute Gasteiger partial charge is 0.319 e. The normalized spacial score (nSPS) is 11.6. The molecule has 0 bridgehead atoms. The van der Waals surface area contributed by atoms with Gasteiger partial charge in [0, 0.05) is 44.6 Å². The average Bonchev–Trinajstić information content (AvgIpc) is 2.79. The van der Waals surface area contributed by atoms with E-state index in [-0.39, 0.29) is 30.1 Å². The lowest BCUT2D eigenvalue weighted by Gasteiger charge is -2.26. The molecule has 3 rings (SSSR count). The predicted molar refractivity (Wildman–Crippen MR) is 137 cm³/mol. The van der Waals surface area contributed by atoms with Gasteiger partial charge in [-0.2, -0.15) is 4.31 Å². The zero-order chi connectivity index (χ0) is 26.5. The van der Waals surface area contributed by atoms with Crippen molar-refractivity contribution in [2.45, 2.75) is 37.9 Å². The zero-order valence-electron chi connectivity index (χ0n) is 20.6. The Labute approximate surface area is 210 Å². The number of carbonyl (C=O) groups excluding carboxylic acids is 1. The van der Waals surface area contributed by atoms with E-state index in [2.05, 4.69) is 10.6 Å². The van der Waals surface area contributed by atoms with Crippen molar-refractivity contribution >= 4 is 27.4 Å². The van der Waals surface area contributed by atoms with E-state index in [0.29, 0.717) is 16.8 Å². The first-order valence-corrected chi connectivity index (χ1v) is 12.8. The highest BCUT2D eigenvalue weighted by Crippen LogP contribution is 2.28. The quantitative estimate of drug-likeness (QED) is 0.422. The molecule has 0 radical (unpaired) electrons. The van der Waals surface area contributed by atoms with Crippen LogP contribution in [0.3, 0.4) is 0 Å². The minimum absolute atomic E-state index is 0.0433. The van der Waals surface area contributed by atoms with Gasteiger partial charge in [-0.25, -0.2) is 22.0 Å². The lowest BCUT2D eigenvalue weighted by atomic mass is 10.1. The number of nitrogens with one attached hydrogen (secondary N) is 2. The van der Waals surface area contributed by atoms with Crippen molar-refractivity contribution in [3.63, 3.8) is 0 Å². The van der Waals surface area contributed by atoms with Gasteiger partial charge in [0.05, 0.1) is 4.90 Å². The summed E-state index contributed by atoms with van der Waals surface area (Å²) in [7, 11) is -0.405. The molecule has 0 aliphatic rings. The van der Waals surface area contributed by atoms with E-state index in [1.807, 2.05) is 32.8 Å². The summed E-state index contributed by atoms with van der Waals surface area (Å²) in [6.07, 6.45) is 0. The average molecular weight is 517 g/mol. The van der Waals surface area contributed by atoms with Crippen molar-refractivity contribution in [1.29, 1.82) is 0 Å². The Kier molecular flexibility index (Phi) is 8.65. The Morgan fingerprint density at radius 3 is 2.03 bits per heavy atom. The van der Waals surface area contributed by atoms with Crippen LogP contribution in [0, 0.1) is 11.6 Å². The van der Waals surface area contributed by atoms with Gasteiger partial charge >= 0.3 is 6.03 Å². The van der Waals surface area contributed by atoms with Crippen LogP contribution >= 0.6 is 0 Å². The number of urea groups is 1. The molecule has 2 amide bonds. The second kappa shape index (κ2) is 11.5. The van der Waals surface area contributed by atoms with Crippen LogP contribution in [-0.4, -0.2) is 38.9 Å². The first-order valence-electron chi connectivity index (χ1n) is 11.3. The van der Waals surface area contributed by atoms with Crippen LogP contribution in [0.15, 0.2) is 71.6 Å². The summed E-state index contributed by atoms with van der Waals surface area (Å²) < 4.78 is 55.4. The standard InChI is InChI=1S/C26H30F2N4O3S/c1-18(2)29-26(33)30-23-11-14-25(31(3)4)20(15-23)17-32(16-19-5-7-21(27)8-6-19)36(34,35)24-12-9-22(28)10-13-24/h5-15,18H,16-17H2,1-4H3,(H2,29,30,33). The largest absolute Gasteiger partial charge is 0.377 e. The van der Waals surface area contributed by atoms with Crippen LogP contribution in [-0.2, 0) is 23.1 Å². The first-order chi connectivity index (χ1) is 17.0. The Morgan fingerprint density at radius 2 is 1.47 bits per heavy atom. The molecule has 3 aromatic carbocycles. The van der Waals surface area contributed by atoms with Crippen LogP contribution in [0.1, 0.15) is 25.0 Å². The maximum absolute atomic E-state index is 13.6. The van der Waals surface area contributed by atoms with E-state index in [1.165, 1.54) is 40.7 Å². The SMILES string of the molecule is CC(C)NC(=O)Nc1ccc(N(C)C)c(CN(Cc2ccc(F)cc2)S(=O)(=O)c2ccc(F)cc2)c1. The predicted octanol–water partition coefficient (Wildman–Crippen LogP) is 4.95. The molecule has 0 atom stereocenters. The van der Waals surface area contributed by atoms with E-state index in [1.54, 1.807) is 18.2 Å². The summed E-state index contributed by atoms with van der Waals surface area (Å²) >= 11 is 0. The summed E-state index contributed by atoms with van der Waals surface area (Å²) in [5.41, 5.74) is 2.46. The van der Waals surface area contributed by atoms with Crippen molar-refractivity contribution in [3.05, 3.63) is 89.5 Å². The lowest BCUT2D eigenvalue weighted by molar-refractivity contribution is 0.250. The van der Waals surface area contributed by atoms with Gasteiger partial charge in [-0.3, -0.25) is 0 Å². The summed E-state index contributed by atoms with van der Waals surface area (Å²) in [4.78, 5) is 14.0. The fourth-order valence-corrected chi connectivity index (χ4v) is 5.03. The highest BCUT2D eigenvalue weighted by atomic mass is 32.2. The monoisotopic (exact) mass is 516 g/mol. The maximum atomic E-state index is 13.6. The van der Waals surface area contributed by atoms with Gasteiger partial charge in [0.25, 0.3) is 0 Å². The van der Waals surface area contributed by atoms with Crippen molar-refractivity contribution in [1.82, 2.24) is 9.62 Å². The minimum atomic E-state index is -4.06. The second-order valence-corrected chi connectivity index (χ2v) is 10.8. The number of benzene rings is 3. The van der Waals surface area contributed by atoms with Gasteiger partial charge in [0.2, 0.25) is 10.0 Å². The molecule has 192 valence electrons. The number of nitrogens with zero attached hydrogens (tertiary/aromatic N) is 2. The van der Waals surface area contributed by atoms with Crippen molar-refractivity contribution in [2.75, 3.05) is 24.3 Å². The van der Waals surface area contributed by atoms with Gasteiger partial charge in [0.1, 0.15) is 11.6 Å². The van der Waals surface area contributed by atoms with Crippen LogP contribution in [0.25, 0.3) is 0 Å². The van der Waals surface area contributed by atoms with E-state index >= 15 is 0 Å². The molecular weight excluding hydrogens is 486 g/mol. The van der Waals surface area contributed by atoms with Crippen LogP contribution < -0.4 is 15.5 Å². The van der Waals surface area contributed by atoms with Crippen molar-refractivity contribution < 1.29 is 22.0 Å². The van der Waals surface area contributed by atoms with Gasteiger partial charge < -0.3 is 15.5 Å². The maximum Gasteiger partial charge on any atom is 0.319 e. The molecule has 2 N–H and O–H groups in total. The number of anilines is 2. The third-order valence-corrected chi connectivity index (χ3v) is 7.12. The number of hydrogen-bond acceptors (Lipinski definition) is 4. The molecule has 0 aliphatic carbocycles.